The summed E-state index contributed by atoms with van der Waals surface area (Å²) in [7, 11) is -3.03. The molecule has 6 nitrogen and oxygen atoms in total. The predicted octanol–water partition coefficient (Wildman–Crippen LogP) is 1.37. The van der Waals surface area contributed by atoms with Crippen LogP contribution in [0.15, 0.2) is 17.5 Å². The largest absolute Gasteiger partial charge is 0.373 e. The fourth-order valence-corrected chi connectivity index (χ4v) is 5.98. The van der Waals surface area contributed by atoms with Gasteiger partial charge in [0.25, 0.3) is 0 Å². The van der Waals surface area contributed by atoms with Gasteiger partial charge < -0.3 is 9.64 Å². The third-order valence-electron chi connectivity index (χ3n) is 4.74. The van der Waals surface area contributed by atoms with Crippen LogP contribution in [0.25, 0.3) is 0 Å². The van der Waals surface area contributed by atoms with Crippen LogP contribution in [0.2, 0.25) is 0 Å². The topological polar surface area (TPSA) is 66.9 Å². The lowest BCUT2D eigenvalue weighted by Gasteiger charge is -2.39. The van der Waals surface area contributed by atoms with Crippen LogP contribution in [0, 0.1) is 0 Å². The molecule has 8 heteroatoms. The normalized spacial score (nSPS) is 25.8. The number of hydrogen-bond acceptors (Lipinski definition) is 6. The molecule has 140 valence electrons. The molecule has 1 aromatic heterocycles. The summed E-state index contributed by atoms with van der Waals surface area (Å²) >= 11 is 1.60. The minimum Gasteiger partial charge on any atom is -0.373 e. The quantitative estimate of drug-likeness (QED) is 0.765. The molecule has 3 heterocycles. The highest BCUT2D eigenvalue weighted by molar-refractivity contribution is 7.91. The predicted molar refractivity (Wildman–Crippen MR) is 98.4 cm³/mol. The number of sulfone groups is 1. The number of carbonyl (C=O) groups is 1. The minimum absolute atomic E-state index is 0.00759. The lowest BCUT2D eigenvalue weighted by molar-refractivity contribution is -0.139. The molecule has 25 heavy (non-hydrogen) atoms. The number of amides is 1. The van der Waals surface area contributed by atoms with Crippen LogP contribution in [-0.2, 0) is 25.9 Å². The van der Waals surface area contributed by atoms with Crippen LogP contribution >= 0.6 is 11.3 Å². The van der Waals surface area contributed by atoms with E-state index in [1.54, 1.807) is 16.2 Å². The van der Waals surface area contributed by atoms with Crippen LogP contribution in [0.3, 0.4) is 0 Å². The molecular weight excluding hydrogens is 360 g/mol. The molecule has 0 radical (unpaired) electrons. The van der Waals surface area contributed by atoms with Crippen molar-refractivity contribution in [1.29, 1.82) is 0 Å². The van der Waals surface area contributed by atoms with Crippen molar-refractivity contribution in [1.82, 2.24) is 9.80 Å². The third kappa shape index (κ3) is 5.03. The van der Waals surface area contributed by atoms with E-state index in [0.29, 0.717) is 32.7 Å². The van der Waals surface area contributed by atoms with Gasteiger partial charge >= 0.3 is 0 Å². The number of nitrogens with zero attached hydrogens (tertiary/aromatic N) is 2. The van der Waals surface area contributed by atoms with Gasteiger partial charge in [-0.25, -0.2) is 8.42 Å². The summed E-state index contributed by atoms with van der Waals surface area (Å²) in [6.45, 7) is 6.90. The molecule has 2 fully saturated rings. The van der Waals surface area contributed by atoms with Gasteiger partial charge in [-0.05, 0) is 31.7 Å². The van der Waals surface area contributed by atoms with E-state index in [4.69, 9.17) is 4.74 Å². The Morgan fingerprint density at radius 3 is 2.88 bits per heavy atom. The molecule has 2 saturated heterocycles. The van der Waals surface area contributed by atoms with E-state index in [1.807, 2.05) is 31.4 Å². The van der Waals surface area contributed by atoms with Gasteiger partial charge in [-0.2, -0.15) is 0 Å². The van der Waals surface area contributed by atoms with Crippen LogP contribution in [0.5, 0.6) is 0 Å². The second kappa shape index (κ2) is 7.34. The van der Waals surface area contributed by atoms with E-state index < -0.39 is 9.84 Å². The van der Waals surface area contributed by atoms with Crippen LogP contribution < -0.4 is 0 Å². The molecule has 0 N–H and O–H groups in total. The van der Waals surface area contributed by atoms with Gasteiger partial charge in [0.2, 0.25) is 5.91 Å². The van der Waals surface area contributed by atoms with Crippen molar-refractivity contribution < 1.29 is 17.9 Å². The second-order valence-corrected chi connectivity index (χ2v) is 10.7. The molecule has 0 aliphatic carbocycles. The lowest BCUT2D eigenvalue weighted by atomic mass is 10.1. The fourth-order valence-electron chi connectivity index (χ4n) is 3.54. The van der Waals surface area contributed by atoms with Gasteiger partial charge in [-0.3, -0.25) is 9.69 Å². The van der Waals surface area contributed by atoms with E-state index in [1.165, 1.54) is 0 Å². The molecule has 3 rings (SSSR count). The average Bonchev–Trinajstić information content (AvgIpc) is 3.12. The first-order valence-corrected chi connectivity index (χ1v) is 11.3. The number of ether oxygens (including phenoxy) is 1. The number of morpholine rings is 1. The molecule has 1 aromatic rings. The van der Waals surface area contributed by atoms with Gasteiger partial charge in [0, 0.05) is 24.0 Å². The van der Waals surface area contributed by atoms with Crippen LogP contribution in [0.1, 0.15) is 25.1 Å². The van der Waals surface area contributed by atoms with Gasteiger partial charge in [-0.15, -0.1) is 11.3 Å². The summed E-state index contributed by atoms with van der Waals surface area (Å²) < 4.78 is 29.5. The monoisotopic (exact) mass is 386 g/mol. The highest BCUT2D eigenvalue weighted by Gasteiger charge is 2.36. The number of thiophene rings is 1. The van der Waals surface area contributed by atoms with E-state index in [0.717, 1.165) is 11.4 Å². The molecule has 0 spiro atoms. The van der Waals surface area contributed by atoms with E-state index in [-0.39, 0.29) is 29.1 Å². The highest BCUT2D eigenvalue weighted by atomic mass is 32.2. The van der Waals surface area contributed by atoms with Crippen molar-refractivity contribution in [3.8, 4) is 0 Å². The minimum atomic E-state index is -3.03. The number of rotatable bonds is 5. The highest BCUT2D eigenvalue weighted by Crippen LogP contribution is 2.23. The van der Waals surface area contributed by atoms with Gasteiger partial charge in [0.1, 0.15) is 0 Å². The molecule has 1 atom stereocenters. The maximum Gasteiger partial charge on any atom is 0.237 e. The number of hydrogen-bond donors (Lipinski definition) is 0. The standard InChI is InChI=1S/C17H26N2O4S2/c1-17(2)13-18(6-7-23-17)11-16(20)19(10-15-4-3-8-24-15)14-5-9-25(21,22)12-14/h3-4,8,14H,5-7,9-13H2,1-2H3. The Morgan fingerprint density at radius 2 is 2.28 bits per heavy atom. The Hall–Kier alpha value is -0.960. The summed E-state index contributed by atoms with van der Waals surface area (Å²) in [5.41, 5.74) is -0.256. The molecule has 1 unspecified atom stereocenters. The van der Waals surface area contributed by atoms with E-state index in [9.17, 15) is 13.2 Å². The molecule has 2 aliphatic rings. The van der Waals surface area contributed by atoms with Crippen molar-refractivity contribution in [2.24, 2.45) is 0 Å². The van der Waals surface area contributed by atoms with Crippen molar-refractivity contribution in [3.63, 3.8) is 0 Å². The van der Waals surface area contributed by atoms with Crippen LogP contribution in [0.4, 0.5) is 0 Å². The van der Waals surface area contributed by atoms with Crippen molar-refractivity contribution in [3.05, 3.63) is 22.4 Å². The first kappa shape index (κ1) is 18.8. The summed E-state index contributed by atoms with van der Waals surface area (Å²) in [6.07, 6.45) is 0.536. The summed E-state index contributed by atoms with van der Waals surface area (Å²) in [4.78, 5) is 18.0. The Kier molecular flexibility index (Phi) is 5.53. The van der Waals surface area contributed by atoms with Gasteiger partial charge in [0.05, 0.1) is 36.8 Å². The van der Waals surface area contributed by atoms with Crippen molar-refractivity contribution in [2.45, 2.75) is 38.5 Å². The Labute approximate surface area is 153 Å². The zero-order chi connectivity index (χ0) is 18.1. The second-order valence-electron chi connectivity index (χ2n) is 7.48. The Balaban J connectivity index is 1.70. The van der Waals surface area contributed by atoms with Gasteiger partial charge in [0.15, 0.2) is 9.84 Å². The van der Waals surface area contributed by atoms with Crippen molar-refractivity contribution in [2.75, 3.05) is 37.7 Å². The zero-order valence-electron chi connectivity index (χ0n) is 14.8. The van der Waals surface area contributed by atoms with Crippen molar-refractivity contribution >= 4 is 27.1 Å². The molecule has 1 amide bonds. The summed E-state index contributed by atoms with van der Waals surface area (Å²) in [5.74, 6) is 0.267. The first-order valence-electron chi connectivity index (χ1n) is 8.63. The van der Waals surface area contributed by atoms with Crippen LogP contribution in [-0.4, -0.2) is 73.5 Å². The molecule has 2 aliphatic heterocycles. The molecule has 0 bridgehead atoms. The summed E-state index contributed by atoms with van der Waals surface area (Å²) in [6, 6.07) is 3.73. The summed E-state index contributed by atoms with van der Waals surface area (Å²) in [5, 5.41) is 1.98. The number of carbonyl (C=O) groups excluding carboxylic acids is 1. The Bertz CT molecular complexity index is 700. The average molecular weight is 387 g/mol. The lowest BCUT2D eigenvalue weighted by Crippen LogP contribution is -2.52. The molecule has 0 saturated carbocycles. The van der Waals surface area contributed by atoms with E-state index >= 15 is 0 Å². The molecule has 0 aromatic carbocycles. The zero-order valence-corrected chi connectivity index (χ0v) is 16.4. The maximum atomic E-state index is 13.0. The van der Waals surface area contributed by atoms with E-state index in [2.05, 4.69) is 4.90 Å². The van der Waals surface area contributed by atoms with Gasteiger partial charge in [-0.1, -0.05) is 6.07 Å². The maximum absolute atomic E-state index is 13.0. The first-order chi connectivity index (χ1) is 11.7. The molecular formula is C17H26N2O4S2. The fraction of sp³-hybridized carbons (Fsp3) is 0.706. The SMILES string of the molecule is CC1(C)CN(CC(=O)N(Cc2cccs2)C2CCS(=O)(=O)C2)CCO1. The smallest absolute Gasteiger partial charge is 0.237 e. The Morgan fingerprint density at radius 1 is 1.48 bits per heavy atom. The third-order valence-corrected chi connectivity index (χ3v) is 7.35.